The maximum absolute atomic E-state index is 11.5. The van der Waals surface area contributed by atoms with E-state index in [1.54, 1.807) is 19.2 Å². The molecule has 0 aliphatic rings. The van der Waals surface area contributed by atoms with E-state index in [1.807, 2.05) is 30.3 Å². The zero-order valence-electron chi connectivity index (χ0n) is 11.6. The average Bonchev–Trinajstić information content (AvgIpc) is 2.47. The standard InChI is InChI=1S/C16H16Cl2N2O/c1-19-16(21)8-11-4-2-3-5-15(11)20-10-12-6-7-13(17)9-14(12)18/h2-7,9,20H,8,10H2,1H3,(H,19,21). The first-order chi connectivity index (χ1) is 10.1. The molecule has 21 heavy (non-hydrogen) atoms. The van der Waals surface area contributed by atoms with Crippen LogP contribution in [0.15, 0.2) is 42.5 Å². The molecule has 2 rings (SSSR count). The topological polar surface area (TPSA) is 41.1 Å². The highest BCUT2D eigenvalue weighted by molar-refractivity contribution is 6.35. The van der Waals surface area contributed by atoms with Crippen molar-refractivity contribution in [1.29, 1.82) is 0 Å². The summed E-state index contributed by atoms with van der Waals surface area (Å²) in [5.74, 6) is -0.0197. The Bertz CT molecular complexity index is 644. The minimum atomic E-state index is -0.0197. The number of benzene rings is 2. The monoisotopic (exact) mass is 322 g/mol. The van der Waals surface area contributed by atoms with Crippen molar-refractivity contribution < 1.29 is 4.79 Å². The fraction of sp³-hybridized carbons (Fsp3) is 0.188. The molecule has 0 aromatic heterocycles. The highest BCUT2D eigenvalue weighted by Gasteiger charge is 2.07. The molecule has 2 aromatic carbocycles. The van der Waals surface area contributed by atoms with Gasteiger partial charge < -0.3 is 10.6 Å². The van der Waals surface area contributed by atoms with Crippen molar-refractivity contribution >= 4 is 34.8 Å². The number of nitrogens with one attached hydrogen (secondary N) is 2. The van der Waals surface area contributed by atoms with E-state index in [9.17, 15) is 4.79 Å². The van der Waals surface area contributed by atoms with Gasteiger partial charge in [0.1, 0.15) is 0 Å². The molecule has 0 saturated carbocycles. The van der Waals surface area contributed by atoms with Crippen molar-refractivity contribution in [1.82, 2.24) is 5.32 Å². The third-order valence-corrected chi connectivity index (χ3v) is 3.72. The molecule has 2 aromatic rings. The Balaban J connectivity index is 2.11. The number of hydrogen-bond acceptors (Lipinski definition) is 2. The molecule has 0 aliphatic carbocycles. The van der Waals surface area contributed by atoms with E-state index in [0.29, 0.717) is 23.0 Å². The largest absolute Gasteiger partial charge is 0.381 e. The molecule has 110 valence electrons. The van der Waals surface area contributed by atoms with Crippen LogP contribution in [0.1, 0.15) is 11.1 Å². The molecule has 1 amide bonds. The number of carbonyl (C=O) groups excluding carboxylic acids is 1. The Hall–Kier alpha value is -1.71. The van der Waals surface area contributed by atoms with E-state index in [-0.39, 0.29) is 5.91 Å². The van der Waals surface area contributed by atoms with E-state index < -0.39 is 0 Å². The molecule has 0 atom stereocenters. The third kappa shape index (κ3) is 4.38. The summed E-state index contributed by atoms with van der Waals surface area (Å²) in [6, 6.07) is 13.1. The minimum Gasteiger partial charge on any atom is -0.381 e. The van der Waals surface area contributed by atoms with Gasteiger partial charge in [-0.2, -0.15) is 0 Å². The summed E-state index contributed by atoms with van der Waals surface area (Å²) in [6.07, 6.45) is 0.341. The van der Waals surface area contributed by atoms with Gasteiger partial charge in [0.15, 0.2) is 0 Å². The second-order valence-electron chi connectivity index (χ2n) is 4.60. The van der Waals surface area contributed by atoms with E-state index in [0.717, 1.165) is 16.8 Å². The van der Waals surface area contributed by atoms with Crippen LogP contribution in [0.25, 0.3) is 0 Å². The van der Waals surface area contributed by atoms with Gasteiger partial charge in [-0.3, -0.25) is 4.79 Å². The van der Waals surface area contributed by atoms with E-state index in [1.165, 1.54) is 0 Å². The molecular formula is C16H16Cl2N2O. The lowest BCUT2D eigenvalue weighted by Crippen LogP contribution is -2.20. The van der Waals surface area contributed by atoms with Gasteiger partial charge in [0, 0.05) is 29.3 Å². The first-order valence-corrected chi connectivity index (χ1v) is 7.32. The van der Waals surface area contributed by atoms with Gasteiger partial charge in [0.2, 0.25) is 5.91 Å². The lowest BCUT2D eigenvalue weighted by molar-refractivity contribution is -0.119. The normalized spacial score (nSPS) is 10.2. The van der Waals surface area contributed by atoms with Crippen LogP contribution in [0.5, 0.6) is 0 Å². The van der Waals surface area contributed by atoms with Gasteiger partial charge in [-0.15, -0.1) is 0 Å². The van der Waals surface area contributed by atoms with Crippen molar-refractivity contribution in [2.75, 3.05) is 12.4 Å². The Morgan fingerprint density at radius 3 is 2.57 bits per heavy atom. The molecule has 0 aliphatic heterocycles. The van der Waals surface area contributed by atoms with Crippen molar-refractivity contribution in [3.05, 3.63) is 63.6 Å². The van der Waals surface area contributed by atoms with Crippen LogP contribution in [0, 0.1) is 0 Å². The molecule has 0 radical (unpaired) electrons. The quantitative estimate of drug-likeness (QED) is 0.876. The van der Waals surface area contributed by atoms with Crippen LogP contribution in [-0.4, -0.2) is 13.0 Å². The molecule has 0 fully saturated rings. The van der Waals surface area contributed by atoms with Crippen molar-refractivity contribution in [3.8, 4) is 0 Å². The summed E-state index contributed by atoms with van der Waals surface area (Å²) in [6.45, 7) is 0.570. The maximum Gasteiger partial charge on any atom is 0.224 e. The number of carbonyl (C=O) groups is 1. The lowest BCUT2D eigenvalue weighted by Gasteiger charge is -2.12. The van der Waals surface area contributed by atoms with Gasteiger partial charge in [-0.05, 0) is 29.3 Å². The molecule has 3 nitrogen and oxygen atoms in total. The molecule has 5 heteroatoms. The Kier molecular flexibility index (Phi) is 5.48. The molecule has 0 heterocycles. The highest BCUT2D eigenvalue weighted by atomic mass is 35.5. The summed E-state index contributed by atoms with van der Waals surface area (Å²) < 4.78 is 0. The molecular weight excluding hydrogens is 307 g/mol. The van der Waals surface area contributed by atoms with E-state index in [2.05, 4.69) is 10.6 Å². The fourth-order valence-electron chi connectivity index (χ4n) is 1.96. The SMILES string of the molecule is CNC(=O)Cc1ccccc1NCc1ccc(Cl)cc1Cl. The van der Waals surface area contributed by atoms with Crippen LogP contribution in [0.2, 0.25) is 10.0 Å². The van der Waals surface area contributed by atoms with Crippen LogP contribution in [0.3, 0.4) is 0 Å². The highest BCUT2D eigenvalue weighted by Crippen LogP contribution is 2.23. The van der Waals surface area contributed by atoms with Crippen LogP contribution < -0.4 is 10.6 Å². The average molecular weight is 323 g/mol. The molecule has 0 bridgehead atoms. The number of amides is 1. The molecule has 0 saturated heterocycles. The Morgan fingerprint density at radius 2 is 1.86 bits per heavy atom. The molecule has 2 N–H and O–H groups in total. The van der Waals surface area contributed by atoms with Crippen LogP contribution in [0.4, 0.5) is 5.69 Å². The van der Waals surface area contributed by atoms with Crippen molar-refractivity contribution in [2.45, 2.75) is 13.0 Å². The predicted molar refractivity (Wildman–Crippen MR) is 88.0 cm³/mol. The molecule has 0 unspecified atom stereocenters. The summed E-state index contributed by atoms with van der Waals surface area (Å²) in [7, 11) is 1.63. The summed E-state index contributed by atoms with van der Waals surface area (Å²) in [4.78, 5) is 11.5. The summed E-state index contributed by atoms with van der Waals surface area (Å²) in [5, 5.41) is 7.18. The third-order valence-electron chi connectivity index (χ3n) is 3.13. The van der Waals surface area contributed by atoms with Gasteiger partial charge in [-0.25, -0.2) is 0 Å². The fourth-order valence-corrected chi connectivity index (χ4v) is 2.44. The number of anilines is 1. The zero-order valence-corrected chi connectivity index (χ0v) is 13.1. The number of hydrogen-bond donors (Lipinski definition) is 2. The smallest absolute Gasteiger partial charge is 0.224 e. The van der Waals surface area contributed by atoms with Crippen molar-refractivity contribution in [2.24, 2.45) is 0 Å². The van der Waals surface area contributed by atoms with Gasteiger partial charge >= 0.3 is 0 Å². The number of para-hydroxylation sites is 1. The maximum atomic E-state index is 11.5. The Labute approximate surface area is 134 Å². The number of rotatable bonds is 5. The zero-order chi connectivity index (χ0) is 15.2. The minimum absolute atomic E-state index is 0.0197. The van der Waals surface area contributed by atoms with Crippen LogP contribution in [-0.2, 0) is 17.8 Å². The second-order valence-corrected chi connectivity index (χ2v) is 5.44. The van der Waals surface area contributed by atoms with Gasteiger partial charge in [-0.1, -0.05) is 47.5 Å². The second kappa shape index (κ2) is 7.34. The first-order valence-electron chi connectivity index (χ1n) is 6.56. The van der Waals surface area contributed by atoms with Gasteiger partial charge in [0.25, 0.3) is 0 Å². The summed E-state index contributed by atoms with van der Waals surface area (Å²) >= 11 is 12.0. The predicted octanol–water partition coefficient (Wildman–Crippen LogP) is 3.89. The van der Waals surface area contributed by atoms with Crippen LogP contribution >= 0.6 is 23.2 Å². The van der Waals surface area contributed by atoms with Gasteiger partial charge in [0.05, 0.1) is 6.42 Å². The number of likely N-dealkylation sites (N-methyl/N-ethyl adjacent to an activating group) is 1. The summed E-state index contributed by atoms with van der Waals surface area (Å²) in [5.41, 5.74) is 2.82. The van der Waals surface area contributed by atoms with E-state index in [4.69, 9.17) is 23.2 Å². The first kappa shape index (κ1) is 15.7. The number of halogens is 2. The van der Waals surface area contributed by atoms with Crippen molar-refractivity contribution in [3.63, 3.8) is 0 Å². The lowest BCUT2D eigenvalue weighted by atomic mass is 10.1. The molecule has 0 spiro atoms. The van der Waals surface area contributed by atoms with E-state index >= 15 is 0 Å². The Morgan fingerprint density at radius 1 is 1.10 bits per heavy atom.